The second kappa shape index (κ2) is 7.78. The molecule has 0 aliphatic heterocycles. The third-order valence-electron chi connectivity index (χ3n) is 3.70. The average molecular weight is 405 g/mol. The topological polar surface area (TPSA) is 115 Å². The molecule has 138 valence electrons. The maximum absolute atomic E-state index is 12.4. The number of aromatic nitrogens is 2. The summed E-state index contributed by atoms with van der Waals surface area (Å²) in [5.74, 6) is 0. The van der Waals surface area contributed by atoms with Gasteiger partial charge in [0.2, 0.25) is 15.3 Å². The summed E-state index contributed by atoms with van der Waals surface area (Å²) < 4.78 is 27.2. The fourth-order valence-corrected chi connectivity index (χ4v) is 3.49. The van der Waals surface area contributed by atoms with Crippen LogP contribution < -0.4 is 4.72 Å². The second-order valence-corrected chi connectivity index (χ2v) is 7.57. The van der Waals surface area contributed by atoms with Gasteiger partial charge in [0.05, 0.1) is 22.1 Å². The van der Waals surface area contributed by atoms with Crippen LogP contribution in [0.4, 0.5) is 5.69 Å². The second-order valence-electron chi connectivity index (χ2n) is 5.47. The van der Waals surface area contributed by atoms with Gasteiger partial charge in [-0.3, -0.25) is 10.1 Å². The average Bonchev–Trinajstić information content (AvgIpc) is 2.67. The summed E-state index contributed by atoms with van der Waals surface area (Å²) in [6, 6.07) is 13.8. The van der Waals surface area contributed by atoms with Crippen LogP contribution >= 0.6 is 11.6 Å². The number of hydrogen-bond acceptors (Lipinski definition) is 6. The molecule has 0 aliphatic carbocycles. The summed E-state index contributed by atoms with van der Waals surface area (Å²) in [5.41, 5.74) is 1.92. The molecule has 0 aliphatic rings. The number of nitro groups is 1. The van der Waals surface area contributed by atoms with E-state index in [0.717, 1.165) is 11.1 Å². The van der Waals surface area contributed by atoms with E-state index in [2.05, 4.69) is 14.7 Å². The van der Waals surface area contributed by atoms with Gasteiger partial charge in [-0.05, 0) is 53.1 Å². The Hall–Kier alpha value is -2.88. The Morgan fingerprint density at radius 2 is 1.59 bits per heavy atom. The molecule has 0 amide bonds. The summed E-state index contributed by atoms with van der Waals surface area (Å²) in [6.45, 7) is -0.0192. The highest BCUT2D eigenvalue weighted by atomic mass is 35.5. The lowest BCUT2D eigenvalue weighted by molar-refractivity contribution is -0.384. The predicted molar refractivity (Wildman–Crippen MR) is 99.6 cm³/mol. The number of nitrogens with zero attached hydrogens (tertiary/aromatic N) is 3. The van der Waals surface area contributed by atoms with E-state index in [1.54, 1.807) is 30.3 Å². The highest BCUT2D eigenvalue weighted by Gasteiger charge is 2.14. The fourth-order valence-electron chi connectivity index (χ4n) is 2.32. The fraction of sp³-hybridized carbons (Fsp3) is 0.0588. The van der Waals surface area contributed by atoms with E-state index in [0.29, 0.717) is 5.69 Å². The summed E-state index contributed by atoms with van der Waals surface area (Å²) in [7, 11) is -3.73. The molecule has 2 aromatic carbocycles. The maximum Gasteiger partial charge on any atom is 0.269 e. The monoisotopic (exact) mass is 404 g/mol. The summed E-state index contributed by atoms with van der Waals surface area (Å²) in [5, 5.41) is 10.7. The molecule has 0 radical (unpaired) electrons. The number of non-ortho nitro benzene ring substituents is 1. The van der Waals surface area contributed by atoms with Crippen molar-refractivity contribution in [1.29, 1.82) is 0 Å². The molecule has 0 saturated carbocycles. The molecule has 0 fully saturated rings. The molecule has 27 heavy (non-hydrogen) atoms. The lowest BCUT2D eigenvalue weighted by Gasteiger charge is -2.08. The van der Waals surface area contributed by atoms with Gasteiger partial charge in [0, 0.05) is 18.3 Å². The number of benzene rings is 2. The van der Waals surface area contributed by atoms with Crippen molar-refractivity contribution in [2.24, 2.45) is 0 Å². The first kappa shape index (κ1) is 18.9. The Labute approximate surface area is 160 Å². The van der Waals surface area contributed by atoms with Gasteiger partial charge < -0.3 is 0 Å². The minimum Gasteiger partial charge on any atom is -0.258 e. The molecule has 3 aromatic rings. The van der Waals surface area contributed by atoms with Crippen molar-refractivity contribution in [3.63, 3.8) is 0 Å². The molecule has 3 rings (SSSR count). The van der Waals surface area contributed by atoms with E-state index < -0.39 is 14.9 Å². The van der Waals surface area contributed by atoms with E-state index >= 15 is 0 Å². The minimum absolute atomic E-state index is 0.00743. The zero-order valence-corrected chi connectivity index (χ0v) is 15.3. The summed E-state index contributed by atoms with van der Waals surface area (Å²) in [6.07, 6.45) is 1.44. The molecular weight excluding hydrogens is 392 g/mol. The Kier molecular flexibility index (Phi) is 5.45. The third kappa shape index (κ3) is 4.64. The van der Waals surface area contributed by atoms with Gasteiger partial charge in [-0.15, -0.1) is 0 Å². The SMILES string of the molecule is O=[N+]([O-])c1ccc(-c2ccc(S(=O)(=O)NCc3ccnc(Cl)n3)cc2)cc1. The van der Waals surface area contributed by atoms with Crippen LogP contribution in [0, 0.1) is 10.1 Å². The molecule has 1 heterocycles. The van der Waals surface area contributed by atoms with E-state index in [4.69, 9.17) is 11.6 Å². The molecule has 8 nitrogen and oxygen atoms in total. The van der Waals surface area contributed by atoms with E-state index in [9.17, 15) is 18.5 Å². The van der Waals surface area contributed by atoms with Crippen LogP contribution in [0.1, 0.15) is 5.69 Å². The molecule has 0 bridgehead atoms. The molecule has 0 atom stereocenters. The van der Waals surface area contributed by atoms with Gasteiger partial charge in [0.15, 0.2) is 0 Å². The van der Waals surface area contributed by atoms with Crippen molar-refractivity contribution in [3.8, 4) is 11.1 Å². The van der Waals surface area contributed by atoms with Gasteiger partial charge in [-0.25, -0.2) is 23.1 Å². The zero-order chi connectivity index (χ0) is 19.4. The Morgan fingerprint density at radius 3 is 2.15 bits per heavy atom. The van der Waals surface area contributed by atoms with Crippen LogP contribution in [-0.2, 0) is 16.6 Å². The first-order valence-electron chi connectivity index (χ1n) is 7.67. The van der Waals surface area contributed by atoms with Crippen molar-refractivity contribution >= 4 is 27.3 Å². The van der Waals surface area contributed by atoms with Gasteiger partial charge >= 0.3 is 0 Å². The van der Waals surface area contributed by atoms with Crippen LogP contribution in [0.3, 0.4) is 0 Å². The normalized spacial score (nSPS) is 11.3. The Balaban J connectivity index is 1.74. The van der Waals surface area contributed by atoms with E-state index in [1.807, 2.05) is 0 Å². The summed E-state index contributed by atoms with van der Waals surface area (Å²) >= 11 is 5.68. The number of nitro benzene ring substituents is 1. The molecule has 1 aromatic heterocycles. The Bertz CT molecular complexity index is 1070. The van der Waals surface area contributed by atoms with Gasteiger partial charge in [0.1, 0.15) is 0 Å². The molecule has 0 saturated heterocycles. The van der Waals surface area contributed by atoms with Crippen molar-refractivity contribution in [3.05, 3.63) is 81.9 Å². The smallest absolute Gasteiger partial charge is 0.258 e. The number of rotatable bonds is 6. The largest absolute Gasteiger partial charge is 0.269 e. The highest BCUT2D eigenvalue weighted by molar-refractivity contribution is 7.89. The van der Waals surface area contributed by atoms with Crippen LogP contribution in [-0.4, -0.2) is 23.3 Å². The number of hydrogen-bond donors (Lipinski definition) is 1. The maximum atomic E-state index is 12.4. The molecule has 0 unspecified atom stereocenters. The molecule has 0 spiro atoms. The molecule has 10 heteroatoms. The van der Waals surface area contributed by atoms with Crippen LogP contribution in [0.2, 0.25) is 5.28 Å². The standard InChI is InChI=1S/C17H13ClN4O4S/c18-17-19-10-9-14(21-17)11-20-27(25,26)16-7-3-13(4-8-16)12-1-5-15(6-2-12)22(23)24/h1-10,20H,11H2. The van der Waals surface area contributed by atoms with Crippen molar-refractivity contribution < 1.29 is 13.3 Å². The lowest BCUT2D eigenvalue weighted by Crippen LogP contribution is -2.23. The van der Waals surface area contributed by atoms with E-state index in [-0.39, 0.29) is 22.4 Å². The van der Waals surface area contributed by atoms with Crippen molar-refractivity contribution in [2.45, 2.75) is 11.4 Å². The van der Waals surface area contributed by atoms with Crippen LogP contribution in [0.15, 0.2) is 65.7 Å². The van der Waals surface area contributed by atoms with Crippen LogP contribution in [0.25, 0.3) is 11.1 Å². The van der Waals surface area contributed by atoms with Gasteiger partial charge in [-0.2, -0.15) is 0 Å². The lowest BCUT2D eigenvalue weighted by atomic mass is 10.1. The van der Waals surface area contributed by atoms with Gasteiger partial charge in [0.25, 0.3) is 5.69 Å². The predicted octanol–water partition coefficient (Wildman–Crippen LogP) is 3.18. The Morgan fingerprint density at radius 1 is 1.00 bits per heavy atom. The molecule has 1 N–H and O–H groups in total. The first-order valence-corrected chi connectivity index (χ1v) is 9.53. The first-order chi connectivity index (χ1) is 12.8. The zero-order valence-electron chi connectivity index (χ0n) is 13.7. The number of halogens is 1. The molecular formula is C17H13ClN4O4S. The quantitative estimate of drug-likeness (QED) is 0.383. The van der Waals surface area contributed by atoms with Crippen molar-refractivity contribution in [1.82, 2.24) is 14.7 Å². The summed E-state index contributed by atoms with van der Waals surface area (Å²) in [4.78, 5) is 18.0. The van der Waals surface area contributed by atoms with Crippen molar-refractivity contribution in [2.75, 3.05) is 0 Å². The highest BCUT2D eigenvalue weighted by Crippen LogP contribution is 2.23. The van der Waals surface area contributed by atoms with E-state index in [1.165, 1.54) is 30.5 Å². The van der Waals surface area contributed by atoms with Gasteiger partial charge in [-0.1, -0.05) is 12.1 Å². The van der Waals surface area contributed by atoms with Crippen LogP contribution in [0.5, 0.6) is 0 Å². The number of nitrogens with one attached hydrogen (secondary N) is 1. The third-order valence-corrected chi connectivity index (χ3v) is 5.30. The minimum atomic E-state index is -3.73. The number of sulfonamides is 1.